The molecule has 1 aromatic heterocycles. The van der Waals surface area contributed by atoms with Gasteiger partial charge in [0.1, 0.15) is 11.9 Å². The number of nitrogens with one attached hydrogen (secondary N) is 2. The van der Waals surface area contributed by atoms with Gasteiger partial charge in [-0.3, -0.25) is 9.59 Å². The molecule has 4 aromatic carbocycles. The number of hydrogen-bond acceptors (Lipinski definition) is 5. The average Bonchev–Trinajstić information content (AvgIpc) is 3.42. The van der Waals surface area contributed by atoms with Crippen LogP contribution in [-0.2, 0) is 11.2 Å². The highest BCUT2D eigenvalue weighted by Crippen LogP contribution is 2.39. The minimum Gasteiger partial charge on any atom is -0.487 e. The quantitative estimate of drug-likeness (QED) is 0.110. The lowest BCUT2D eigenvalue weighted by Gasteiger charge is -2.22. The Bertz CT molecular complexity index is 1750. The number of fused-ring (bicyclic) bond motifs is 3. The summed E-state index contributed by atoms with van der Waals surface area (Å²) in [5.41, 5.74) is 13.7. The van der Waals surface area contributed by atoms with E-state index in [2.05, 4.69) is 71.0 Å². The summed E-state index contributed by atoms with van der Waals surface area (Å²) >= 11 is 1.60. The van der Waals surface area contributed by atoms with Crippen molar-refractivity contribution in [2.45, 2.75) is 36.7 Å². The molecule has 2 heterocycles. The van der Waals surface area contributed by atoms with Crippen LogP contribution in [0.3, 0.4) is 0 Å². The molecule has 42 heavy (non-hydrogen) atoms. The van der Waals surface area contributed by atoms with Crippen molar-refractivity contribution in [2.24, 2.45) is 0 Å². The summed E-state index contributed by atoms with van der Waals surface area (Å²) in [6.07, 6.45) is 0.944. The standard InChI is InChI=1S/C35H33N3O3S/c1-22-19-25-20-26(41-35(25)28-15-16-31(40)38-34(22)28)21-37-30(39)17-18-42-29-14-8-13-27(33(29)36)32(23-9-4-2-5-10-23)24-11-6-3-7-12-24/h2-16,19,26,32H,17-18,20-21,36H2,1H3,(H,37,39)(H,38,40). The van der Waals surface area contributed by atoms with Crippen LogP contribution in [0.2, 0.25) is 0 Å². The van der Waals surface area contributed by atoms with Gasteiger partial charge in [0.2, 0.25) is 11.5 Å². The summed E-state index contributed by atoms with van der Waals surface area (Å²) in [7, 11) is 0. The Labute approximate surface area is 249 Å². The Morgan fingerprint density at radius 2 is 1.71 bits per heavy atom. The first kappa shape index (κ1) is 27.7. The number of carbonyl (C=O) groups is 1. The minimum atomic E-state index is -0.145. The molecule has 0 aliphatic carbocycles. The SMILES string of the molecule is Cc1cc2c(c3ccc(=O)[nH]c13)OC(CNC(=O)CCSc1cccc(C(c3ccccc3)c3ccccc3)c1N)C2. The van der Waals surface area contributed by atoms with Gasteiger partial charge in [-0.2, -0.15) is 0 Å². The smallest absolute Gasteiger partial charge is 0.248 e. The first-order valence-electron chi connectivity index (χ1n) is 14.2. The summed E-state index contributed by atoms with van der Waals surface area (Å²) < 4.78 is 6.20. The third kappa shape index (κ3) is 5.78. The number of amides is 1. The minimum absolute atomic E-state index is 0.0198. The fourth-order valence-electron chi connectivity index (χ4n) is 5.76. The largest absolute Gasteiger partial charge is 0.487 e. The predicted molar refractivity (Wildman–Crippen MR) is 170 cm³/mol. The predicted octanol–water partition coefficient (Wildman–Crippen LogP) is 6.20. The zero-order chi connectivity index (χ0) is 29.1. The number of ether oxygens (including phenoxy) is 1. The highest BCUT2D eigenvalue weighted by Gasteiger charge is 2.26. The van der Waals surface area contributed by atoms with E-state index in [0.717, 1.165) is 43.9 Å². The number of benzene rings is 4. The zero-order valence-corrected chi connectivity index (χ0v) is 24.2. The molecule has 212 valence electrons. The lowest BCUT2D eigenvalue weighted by atomic mass is 9.84. The maximum absolute atomic E-state index is 12.7. The van der Waals surface area contributed by atoms with E-state index < -0.39 is 0 Å². The van der Waals surface area contributed by atoms with Gasteiger partial charge in [0.15, 0.2) is 0 Å². The van der Waals surface area contributed by atoms with Crippen molar-refractivity contribution in [3.05, 3.63) is 135 Å². The molecule has 0 spiro atoms. The van der Waals surface area contributed by atoms with Gasteiger partial charge in [-0.15, -0.1) is 11.8 Å². The number of anilines is 1. The van der Waals surface area contributed by atoms with Crippen LogP contribution in [0.1, 0.15) is 40.2 Å². The number of hydrogen-bond donors (Lipinski definition) is 3. The number of thioether (sulfide) groups is 1. The highest BCUT2D eigenvalue weighted by atomic mass is 32.2. The van der Waals surface area contributed by atoms with Crippen molar-refractivity contribution in [3.63, 3.8) is 0 Å². The first-order chi connectivity index (χ1) is 20.5. The molecule has 0 bridgehead atoms. The Morgan fingerprint density at radius 3 is 2.43 bits per heavy atom. The molecule has 6 nitrogen and oxygen atoms in total. The molecule has 1 unspecified atom stereocenters. The molecule has 4 N–H and O–H groups in total. The van der Waals surface area contributed by atoms with Gasteiger partial charge in [-0.25, -0.2) is 0 Å². The Morgan fingerprint density at radius 1 is 1.00 bits per heavy atom. The topological polar surface area (TPSA) is 97.2 Å². The van der Waals surface area contributed by atoms with Gasteiger partial charge in [0.25, 0.3) is 0 Å². The normalized spacial score (nSPS) is 14.1. The molecule has 6 rings (SSSR count). The van der Waals surface area contributed by atoms with E-state index in [4.69, 9.17) is 10.5 Å². The summed E-state index contributed by atoms with van der Waals surface area (Å²) in [6, 6.07) is 32.4. The fraction of sp³-hybridized carbons (Fsp3) is 0.200. The molecule has 0 fully saturated rings. The molecule has 1 aliphatic rings. The van der Waals surface area contributed by atoms with Crippen LogP contribution < -0.4 is 21.3 Å². The maximum atomic E-state index is 12.7. The van der Waals surface area contributed by atoms with Crippen molar-refractivity contribution in [3.8, 4) is 5.75 Å². The molecule has 1 atom stereocenters. The fourth-order valence-corrected chi connectivity index (χ4v) is 6.71. The molecule has 0 radical (unpaired) electrons. The first-order valence-corrected chi connectivity index (χ1v) is 15.2. The van der Waals surface area contributed by atoms with Crippen molar-refractivity contribution in [2.75, 3.05) is 18.0 Å². The molecule has 1 amide bonds. The van der Waals surface area contributed by atoms with Gasteiger partial charge in [-0.1, -0.05) is 78.9 Å². The number of nitrogen functional groups attached to an aromatic ring is 1. The number of nitrogens with two attached hydrogens (primary N) is 1. The summed E-state index contributed by atoms with van der Waals surface area (Å²) in [4.78, 5) is 28.4. The zero-order valence-electron chi connectivity index (χ0n) is 23.4. The number of aryl methyl sites for hydroxylation is 1. The highest BCUT2D eigenvalue weighted by molar-refractivity contribution is 7.99. The second-order valence-electron chi connectivity index (χ2n) is 10.7. The molecule has 0 saturated carbocycles. The number of para-hydroxylation sites is 1. The van der Waals surface area contributed by atoms with Crippen LogP contribution >= 0.6 is 11.8 Å². The second kappa shape index (κ2) is 12.2. The van der Waals surface area contributed by atoms with E-state index in [-0.39, 0.29) is 23.5 Å². The molecule has 1 aliphatic heterocycles. The molecule has 7 heteroatoms. The average molecular weight is 576 g/mol. The van der Waals surface area contributed by atoms with Crippen LogP contribution in [-0.4, -0.2) is 29.3 Å². The van der Waals surface area contributed by atoms with Gasteiger partial charge in [-0.05, 0) is 46.9 Å². The van der Waals surface area contributed by atoms with Crippen LogP contribution in [0.15, 0.2) is 107 Å². The van der Waals surface area contributed by atoms with Crippen molar-refractivity contribution >= 4 is 34.3 Å². The van der Waals surface area contributed by atoms with E-state index in [1.165, 1.54) is 17.2 Å². The summed E-state index contributed by atoms with van der Waals surface area (Å²) in [6.45, 7) is 2.41. The van der Waals surface area contributed by atoms with Gasteiger partial charge < -0.3 is 20.8 Å². The van der Waals surface area contributed by atoms with Crippen LogP contribution in [0.5, 0.6) is 5.75 Å². The Balaban J connectivity index is 1.07. The third-order valence-corrected chi connectivity index (χ3v) is 8.84. The van der Waals surface area contributed by atoms with E-state index >= 15 is 0 Å². The number of carbonyl (C=O) groups excluding carboxylic acids is 1. The second-order valence-corrected chi connectivity index (χ2v) is 11.8. The van der Waals surface area contributed by atoms with E-state index in [0.29, 0.717) is 25.1 Å². The van der Waals surface area contributed by atoms with Gasteiger partial charge in [0, 0.05) is 46.5 Å². The third-order valence-electron chi connectivity index (χ3n) is 7.76. The Kier molecular flexibility index (Phi) is 8.02. The lowest BCUT2D eigenvalue weighted by molar-refractivity contribution is -0.121. The van der Waals surface area contributed by atoms with Gasteiger partial charge >= 0.3 is 0 Å². The summed E-state index contributed by atoms with van der Waals surface area (Å²) in [5.74, 6) is 1.41. The number of H-pyrrole nitrogens is 1. The Hall–Kier alpha value is -4.49. The van der Waals surface area contributed by atoms with Crippen molar-refractivity contribution < 1.29 is 9.53 Å². The number of aromatic amines is 1. The van der Waals surface area contributed by atoms with Crippen molar-refractivity contribution in [1.82, 2.24) is 10.3 Å². The van der Waals surface area contributed by atoms with E-state index in [1.54, 1.807) is 17.8 Å². The number of pyridine rings is 1. The number of rotatable bonds is 9. The van der Waals surface area contributed by atoms with E-state index in [9.17, 15) is 9.59 Å². The van der Waals surface area contributed by atoms with Crippen LogP contribution in [0.4, 0.5) is 5.69 Å². The molecular weight excluding hydrogens is 542 g/mol. The molecule has 0 saturated heterocycles. The van der Waals surface area contributed by atoms with E-state index in [1.807, 2.05) is 31.2 Å². The van der Waals surface area contributed by atoms with Gasteiger partial charge in [0.05, 0.1) is 12.1 Å². The lowest BCUT2D eigenvalue weighted by Crippen LogP contribution is -2.34. The number of aromatic nitrogens is 1. The van der Waals surface area contributed by atoms with Crippen molar-refractivity contribution in [1.29, 1.82) is 0 Å². The maximum Gasteiger partial charge on any atom is 0.248 e. The van der Waals surface area contributed by atoms with Crippen LogP contribution in [0, 0.1) is 6.92 Å². The molecule has 5 aromatic rings. The monoisotopic (exact) mass is 575 g/mol. The summed E-state index contributed by atoms with van der Waals surface area (Å²) in [5, 5.41) is 3.94. The van der Waals surface area contributed by atoms with Crippen LogP contribution in [0.25, 0.3) is 10.9 Å². The molecular formula is C35H33N3O3S.